The van der Waals surface area contributed by atoms with Gasteiger partial charge in [-0.25, -0.2) is 0 Å². The second kappa shape index (κ2) is 7.27. The van der Waals surface area contributed by atoms with E-state index in [9.17, 15) is 0 Å². The van der Waals surface area contributed by atoms with E-state index in [1.165, 1.54) is 0 Å². The smallest absolute Gasteiger partial charge is 0.119 e. The lowest BCUT2D eigenvalue weighted by molar-refractivity contribution is 0.237. The second-order valence-electron chi connectivity index (χ2n) is 5.03. The van der Waals surface area contributed by atoms with Gasteiger partial charge in [0, 0.05) is 11.2 Å². The Balaban J connectivity index is 2.40. The summed E-state index contributed by atoms with van der Waals surface area (Å²) in [6, 6.07) is 7.49. The van der Waals surface area contributed by atoms with E-state index in [4.69, 9.17) is 16.2 Å². The summed E-state index contributed by atoms with van der Waals surface area (Å²) in [5, 5.41) is 0. The highest BCUT2D eigenvalue weighted by Crippen LogP contribution is 2.21. The van der Waals surface area contributed by atoms with Gasteiger partial charge in [-0.2, -0.15) is 0 Å². The molecule has 102 valence electrons. The van der Waals surface area contributed by atoms with Crippen molar-refractivity contribution >= 4 is 5.69 Å². The molecule has 0 atom stereocenters. The van der Waals surface area contributed by atoms with Crippen molar-refractivity contribution in [1.29, 1.82) is 0 Å². The Bertz CT molecular complexity index is 329. The lowest BCUT2D eigenvalue weighted by Gasteiger charge is -2.28. The minimum Gasteiger partial charge on any atom is -0.494 e. The van der Waals surface area contributed by atoms with Crippen LogP contribution in [0.5, 0.6) is 5.75 Å². The Morgan fingerprint density at radius 2 is 1.56 bits per heavy atom. The van der Waals surface area contributed by atoms with E-state index in [0.717, 1.165) is 43.5 Å². The van der Waals surface area contributed by atoms with Gasteiger partial charge in [0.15, 0.2) is 0 Å². The molecule has 0 fully saturated rings. The van der Waals surface area contributed by atoms with Crippen LogP contribution in [0.4, 0.5) is 5.69 Å². The maximum absolute atomic E-state index is 6.41. The maximum atomic E-state index is 6.41. The number of anilines is 1. The molecule has 0 saturated heterocycles. The number of hydrogen-bond donors (Lipinski definition) is 2. The van der Waals surface area contributed by atoms with Crippen LogP contribution in [-0.2, 0) is 0 Å². The Hall–Kier alpha value is -1.22. The van der Waals surface area contributed by atoms with E-state index < -0.39 is 0 Å². The first-order valence-corrected chi connectivity index (χ1v) is 6.87. The van der Waals surface area contributed by atoms with E-state index >= 15 is 0 Å². The van der Waals surface area contributed by atoms with Gasteiger partial charge in [-0.15, -0.1) is 0 Å². The van der Waals surface area contributed by atoms with Crippen LogP contribution in [0.3, 0.4) is 0 Å². The minimum atomic E-state index is -0.0721. The number of hydrogen-bond acceptors (Lipinski definition) is 3. The predicted octanol–water partition coefficient (Wildman–Crippen LogP) is 3.34. The minimum absolute atomic E-state index is 0.0721. The van der Waals surface area contributed by atoms with Crippen LogP contribution >= 0.6 is 0 Å². The molecule has 1 aromatic carbocycles. The fraction of sp³-hybridized carbons (Fsp3) is 0.600. The first-order valence-electron chi connectivity index (χ1n) is 6.87. The van der Waals surface area contributed by atoms with Gasteiger partial charge in [0.25, 0.3) is 0 Å². The largest absolute Gasteiger partial charge is 0.494 e. The fourth-order valence-corrected chi connectivity index (χ4v) is 2.31. The summed E-state index contributed by atoms with van der Waals surface area (Å²) in [5.41, 5.74) is 12.7. The fourth-order valence-electron chi connectivity index (χ4n) is 2.31. The molecule has 0 aliphatic carbocycles. The molecular formula is C15H26N2O. The Labute approximate surface area is 111 Å². The lowest BCUT2D eigenvalue weighted by atomic mass is 9.87. The van der Waals surface area contributed by atoms with Crippen molar-refractivity contribution in [2.24, 2.45) is 5.73 Å². The summed E-state index contributed by atoms with van der Waals surface area (Å²) >= 11 is 0. The van der Waals surface area contributed by atoms with Crippen LogP contribution in [0, 0.1) is 0 Å². The quantitative estimate of drug-likeness (QED) is 0.696. The number of nitrogen functional groups attached to an aromatic ring is 1. The summed E-state index contributed by atoms with van der Waals surface area (Å²) in [6.45, 7) is 5.02. The zero-order chi connectivity index (χ0) is 13.4. The van der Waals surface area contributed by atoms with Crippen molar-refractivity contribution in [2.45, 2.75) is 51.5 Å². The van der Waals surface area contributed by atoms with E-state index in [2.05, 4.69) is 13.8 Å². The molecule has 18 heavy (non-hydrogen) atoms. The zero-order valence-electron chi connectivity index (χ0n) is 11.6. The Kier molecular flexibility index (Phi) is 5.99. The number of rotatable bonds is 8. The second-order valence-corrected chi connectivity index (χ2v) is 5.03. The van der Waals surface area contributed by atoms with Crippen molar-refractivity contribution in [1.82, 2.24) is 0 Å². The van der Waals surface area contributed by atoms with Crippen molar-refractivity contribution in [2.75, 3.05) is 12.3 Å². The molecule has 0 aromatic heterocycles. The highest BCUT2D eigenvalue weighted by molar-refractivity contribution is 5.41. The molecule has 0 spiro atoms. The molecule has 4 N–H and O–H groups in total. The van der Waals surface area contributed by atoms with E-state index in [1.54, 1.807) is 0 Å². The number of benzene rings is 1. The van der Waals surface area contributed by atoms with Crippen LogP contribution in [0.25, 0.3) is 0 Å². The Morgan fingerprint density at radius 1 is 1.00 bits per heavy atom. The van der Waals surface area contributed by atoms with Crippen molar-refractivity contribution in [3.05, 3.63) is 24.3 Å². The van der Waals surface area contributed by atoms with Gasteiger partial charge >= 0.3 is 0 Å². The summed E-state index contributed by atoms with van der Waals surface area (Å²) in [5.74, 6) is 0.861. The first kappa shape index (κ1) is 14.8. The lowest BCUT2D eigenvalue weighted by Crippen LogP contribution is -2.41. The highest BCUT2D eigenvalue weighted by atomic mass is 16.5. The summed E-state index contributed by atoms with van der Waals surface area (Å²) in [7, 11) is 0. The summed E-state index contributed by atoms with van der Waals surface area (Å²) < 4.78 is 5.71. The van der Waals surface area contributed by atoms with Gasteiger partial charge in [0.05, 0.1) is 6.61 Å². The van der Waals surface area contributed by atoms with Crippen LogP contribution < -0.4 is 16.2 Å². The first-order chi connectivity index (χ1) is 8.59. The summed E-state index contributed by atoms with van der Waals surface area (Å²) in [4.78, 5) is 0. The molecule has 0 aliphatic heterocycles. The number of nitrogens with two attached hydrogens (primary N) is 2. The third-order valence-corrected chi connectivity index (χ3v) is 3.24. The molecule has 0 amide bonds. The van der Waals surface area contributed by atoms with Crippen LogP contribution in [-0.4, -0.2) is 12.1 Å². The average molecular weight is 250 g/mol. The van der Waals surface area contributed by atoms with Crippen molar-refractivity contribution in [3.63, 3.8) is 0 Å². The average Bonchev–Trinajstić information content (AvgIpc) is 2.32. The molecule has 0 unspecified atom stereocenters. The molecule has 3 heteroatoms. The SMILES string of the molecule is CCCC(N)(CCC)CCOc1ccc(N)cc1. The molecule has 0 heterocycles. The van der Waals surface area contributed by atoms with Crippen LogP contribution in [0.15, 0.2) is 24.3 Å². The van der Waals surface area contributed by atoms with E-state index in [1.807, 2.05) is 24.3 Å². The molecule has 1 aromatic rings. The maximum Gasteiger partial charge on any atom is 0.119 e. The third-order valence-electron chi connectivity index (χ3n) is 3.24. The van der Waals surface area contributed by atoms with E-state index in [0.29, 0.717) is 6.61 Å². The number of ether oxygens (including phenoxy) is 1. The summed E-state index contributed by atoms with van der Waals surface area (Å²) in [6.07, 6.45) is 5.27. The Morgan fingerprint density at radius 3 is 2.06 bits per heavy atom. The topological polar surface area (TPSA) is 61.3 Å². The molecule has 0 radical (unpaired) electrons. The van der Waals surface area contributed by atoms with Gasteiger partial charge in [-0.05, 0) is 43.5 Å². The molecule has 0 aliphatic rings. The zero-order valence-corrected chi connectivity index (χ0v) is 11.6. The van der Waals surface area contributed by atoms with Crippen LogP contribution in [0.1, 0.15) is 46.0 Å². The molecule has 1 rings (SSSR count). The van der Waals surface area contributed by atoms with Gasteiger partial charge in [0.2, 0.25) is 0 Å². The molecule has 0 bridgehead atoms. The highest BCUT2D eigenvalue weighted by Gasteiger charge is 2.22. The predicted molar refractivity (Wildman–Crippen MR) is 77.7 cm³/mol. The van der Waals surface area contributed by atoms with Gasteiger partial charge in [0.1, 0.15) is 5.75 Å². The van der Waals surface area contributed by atoms with E-state index in [-0.39, 0.29) is 5.54 Å². The van der Waals surface area contributed by atoms with Gasteiger partial charge in [-0.1, -0.05) is 26.7 Å². The molecular weight excluding hydrogens is 224 g/mol. The normalized spacial score (nSPS) is 11.5. The standard InChI is InChI=1S/C15H26N2O/c1-3-9-15(17,10-4-2)11-12-18-14-7-5-13(16)6-8-14/h5-8H,3-4,9-12,16-17H2,1-2H3. The van der Waals surface area contributed by atoms with Crippen molar-refractivity contribution < 1.29 is 4.74 Å². The van der Waals surface area contributed by atoms with Crippen LogP contribution in [0.2, 0.25) is 0 Å². The molecule has 0 saturated carbocycles. The van der Waals surface area contributed by atoms with Gasteiger partial charge < -0.3 is 16.2 Å². The van der Waals surface area contributed by atoms with Crippen molar-refractivity contribution in [3.8, 4) is 5.75 Å². The third kappa shape index (κ3) is 4.96. The monoisotopic (exact) mass is 250 g/mol. The molecule has 3 nitrogen and oxygen atoms in total. The van der Waals surface area contributed by atoms with Gasteiger partial charge in [-0.3, -0.25) is 0 Å².